The van der Waals surface area contributed by atoms with Crippen LogP contribution in [-0.4, -0.2) is 24.3 Å². The van der Waals surface area contributed by atoms with Gasteiger partial charge >= 0.3 is 5.97 Å². The molecular weight excluding hydrogens is 192 g/mol. The van der Waals surface area contributed by atoms with Crippen molar-refractivity contribution in [3.8, 4) is 0 Å². The van der Waals surface area contributed by atoms with Gasteiger partial charge in [0.05, 0.1) is 5.41 Å². The molecule has 3 nitrogen and oxygen atoms in total. The fraction of sp³-hybridized carbons (Fsp3) is 0.917. The molecule has 1 rings (SSSR count). The van der Waals surface area contributed by atoms with Gasteiger partial charge in [0.1, 0.15) is 0 Å². The van der Waals surface area contributed by atoms with Crippen LogP contribution in [0.25, 0.3) is 0 Å². The average Bonchev–Trinajstić information content (AvgIpc) is 2.15. The van der Waals surface area contributed by atoms with E-state index in [1.807, 2.05) is 0 Å². The standard InChI is InChI=1S/C12H22O3/c1-11(2,3)4-5-12(10(13)14)6-8-15-9-7-12/h4-9H2,1-3H3,(H,13,14). The Morgan fingerprint density at radius 3 is 2.27 bits per heavy atom. The molecule has 15 heavy (non-hydrogen) atoms. The summed E-state index contributed by atoms with van der Waals surface area (Å²) in [5.74, 6) is -0.643. The predicted octanol–water partition coefficient (Wildman–Crippen LogP) is 2.69. The first-order valence-electron chi connectivity index (χ1n) is 5.67. The van der Waals surface area contributed by atoms with Crippen LogP contribution in [0.3, 0.4) is 0 Å². The van der Waals surface area contributed by atoms with Gasteiger partial charge < -0.3 is 9.84 Å². The smallest absolute Gasteiger partial charge is 0.309 e. The fourth-order valence-electron chi connectivity index (χ4n) is 1.95. The van der Waals surface area contributed by atoms with E-state index in [0.29, 0.717) is 26.1 Å². The zero-order chi connectivity index (χ0) is 11.5. The Kier molecular flexibility index (Phi) is 3.77. The van der Waals surface area contributed by atoms with Gasteiger partial charge in [-0.15, -0.1) is 0 Å². The minimum absolute atomic E-state index is 0.209. The van der Waals surface area contributed by atoms with E-state index in [1.54, 1.807) is 0 Å². The molecule has 0 spiro atoms. The summed E-state index contributed by atoms with van der Waals surface area (Å²) >= 11 is 0. The summed E-state index contributed by atoms with van der Waals surface area (Å²) in [5.41, 5.74) is -0.313. The number of hydrogen-bond donors (Lipinski definition) is 1. The molecule has 3 heteroatoms. The number of carboxylic acid groups (broad SMARTS) is 1. The molecule has 0 aromatic carbocycles. The molecule has 0 aromatic rings. The van der Waals surface area contributed by atoms with Crippen LogP contribution in [0.2, 0.25) is 0 Å². The Morgan fingerprint density at radius 1 is 1.33 bits per heavy atom. The molecule has 0 amide bonds. The van der Waals surface area contributed by atoms with Crippen molar-refractivity contribution in [2.45, 2.75) is 46.5 Å². The van der Waals surface area contributed by atoms with Crippen LogP contribution >= 0.6 is 0 Å². The first kappa shape index (κ1) is 12.5. The third-order valence-electron chi connectivity index (χ3n) is 3.26. The summed E-state index contributed by atoms with van der Waals surface area (Å²) in [6.45, 7) is 7.65. The van der Waals surface area contributed by atoms with Crippen molar-refractivity contribution in [3.63, 3.8) is 0 Å². The van der Waals surface area contributed by atoms with Crippen LogP contribution in [0.15, 0.2) is 0 Å². The molecule has 0 bridgehead atoms. The first-order valence-corrected chi connectivity index (χ1v) is 5.67. The van der Waals surface area contributed by atoms with Crippen LogP contribution < -0.4 is 0 Å². The van der Waals surface area contributed by atoms with Crippen molar-refractivity contribution < 1.29 is 14.6 Å². The van der Waals surface area contributed by atoms with Gasteiger partial charge in [0.2, 0.25) is 0 Å². The van der Waals surface area contributed by atoms with Gasteiger partial charge in [-0.25, -0.2) is 0 Å². The van der Waals surface area contributed by atoms with Crippen molar-refractivity contribution in [1.29, 1.82) is 0 Å². The summed E-state index contributed by atoms with van der Waals surface area (Å²) in [6.07, 6.45) is 3.06. The third kappa shape index (κ3) is 3.49. The fourth-order valence-corrected chi connectivity index (χ4v) is 1.95. The molecule has 0 unspecified atom stereocenters. The highest BCUT2D eigenvalue weighted by Gasteiger charge is 2.40. The molecule has 1 aliphatic heterocycles. The van der Waals surface area contributed by atoms with Gasteiger partial charge in [0, 0.05) is 13.2 Å². The van der Waals surface area contributed by atoms with Gasteiger partial charge in [-0.3, -0.25) is 4.79 Å². The number of carboxylic acids is 1. The van der Waals surface area contributed by atoms with Gasteiger partial charge in [0.15, 0.2) is 0 Å². The number of rotatable bonds is 3. The lowest BCUT2D eigenvalue weighted by Crippen LogP contribution is -2.38. The SMILES string of the molecule is CC(C)(C)CCC1(C(=O)O)CCOCC1. The van der Waals surface area contributed by atoms with E-state index in [1.165, 1.54) is 0 Å². The molecule has 0 aromatic heterocycles. The Hall–Kier alpha value is -0.570. The van der Waals surface area contributed by atoms with Crippen LogP contribution in [0.4, 0.5) is 0 Å². The number of ether oxygens (including phenoxy) is 1. The summed E-state index contributed by atoms with van der Waals surface area (Å²) < 4.78 is 5.24. The highest BCUT2D eigenvalue weighted by atomic mass is 16.5. The molecule has 0 radical (unpaired) electrons. The molecule has 0 aliphatic carbocycles. The molecule has 1 aliphatic rings. The maximum atomic E-state index is 11.3. The van der Waals surface area contributed by atoms with Gasteiger partial charge in [-0.05, 0) is 31.1 Å². The van der Waals surface area contributed by atoms with Crippen LogP contribution in [0, 0.1) is 10.8 Å². The zero-order valence-electron chi connectivity index (χ0n) is 10.0. The summed E-state index contributed by atoms with van der Waals surface area (Å²) in [5, 5.41) is 9.33. The summed E-state index contributed by atoms with van der Waals surface area (Å²) in [4.78, 5) is 11.3. The maximum absolute atomic E-state index is 11.3. The number of hydrogen-bond acceptors (Lipinski definition) is 2. The Bertz CT molecular complexity index is 222. The van der Waals surface area contributed by atoms with Gasteiger partial charge in [-0.1, -0.05) is 20.8 Å². The van der Waals surface area contributed by atoms with E-state index in [2.05, 4.69) is 20.8 Å². The average molecular weight is 214 g/mol. The highest BCUT2D eigenvalue weighted by Crippen LogP contribution is 2.38. The first-order chi connectivity index (χ1) is 6.86. The Labute approximate surface area is 91.8 Å². The molecular formula is C12H22O3. The molecule has 1 fully saturated rings. The van der Waals surface area contributed by atoms with E-state index in [-0.39, 0.29) is 5.41 Å². The van der Waals surface area contributed by atoms with Crippen LogP contribution in [-0.2, 0) is 9.53 Å². The minimum atomic E-state index is -0.643. The van der Waals surface area contributed by atoms with E-state index >= 15 is 0 Å². The molecule has 0 saturated carbocycles. The van der Waals surface area contributed by atoms with E-state index in [4.69, 9.17) is 4.74 Å². The van der Waals surface area contributed by atoms with Crippen molar-refractivity contribution >= 4 is 5.97 Å². The topological polar surface area (TPSA) is 46.5 Å². The quantitative estimate of drug-likeness (QED) is 0.785. The number of aliphatic carboxylic acids is 1. The van der Waals surface area contributed by atoms with Crippen molar-refractivity contribution in [2.75, 3.05) is 13.2 Å². The van der Waals surface area contributed by atoms with Crippen LogP contribution in [0.5, 0.6) is 0 Å². The second-order valence-corrected chi connectivity index (χ2v) is 5.76. The molecule has 88 valence electrons. The third-order valence-corrected chi connectivity index (χ3v) is 3.26. The van der Waals surface area contributed by atoms with Crippen molar-refractivity contribution in [3.05, 3.63) is 0 Å². The normalized spacial score (nSPS) is 21.3. The van der Waals surface area contributed by atoms with E-state index in [9.17, 15) is 9.90 Å². The zero-order valence-corrected chi connectivity index (χ0v) is 10.0. The lowest BCUT2D eigenvalue weighted by molar-refractivity contribution is -0.156. The molecule has 1 N–H and O–H groups in total. The molecule has 1 saturated heterocycles. The summed E-state index contributed by atoms with van der Waals surface area (Å²) in [7, 11) is 0. The lowest BCUT2D eigenvalue weighted by Gasteiger charge is -2.35. The van der Waals surface area contributed by atoms with E-state index < -0.39 is 11.4 Å². The Morgan fingerprint density at radius 2 is 1.87 bits per heavy atom. The monoisotopic (exact) mass is 214 g/mol. The van der Waals surface area contributed by atoms with Gasteiger partial charge in [-0.2, -0.15) is 0 Å². The maximum Gasteiger partial charge on any atom is 0.309 e. The largest absolute Gasteiger partial charge is 0.481 e. The summed E-state index contributed by atoms with van der Waals surface area (Å²) in [6, 6.07) is 0. The predicted molar refractivity (Wildman–Crippen MR) is 58.8 cm³/mol. The van der Waals surface area contributed by atoms with Crippen molar-refractivity contribution in [1.82, 2.24) is 0 Å². The molecule has 1 heterocycles. The van der Waals surface area contributed by atoms with Crippen LogP contribution in [0.1, 0.15) is 46.5 Å². The lowest BCUT2D eigenvalue weighted by atomic mass is 9.73. The van der Waals surface area contributed by atoms with Crippen molar-refractivity contribution in [2.24, 2.45) is 10.8 Å². The number of carbonyl (C=O) groups is 1. The van der Waals surface area contributed by atoms with Gasteiger partial charge in [0.25, 0.3) is 0 Å². The second-order valence-electron chi connectivity index (χ2n) is 5.76. The van der Waals surface area contributed by atoms with E-state index in [0.717, 1.165) is 12.8 Å². The highest BCUT2D eigenvalue weighted by molar-refractivity contribution is 5.74. The minimum Gasteiger partial charge on any atom is -0.481 e. The Balaban J connectivity index is 2.61. The molecule has 0 atom stereocenters. The second kappa shape index (κ2) is 4.52.